The maximum absolute atomic E-state index is 9.46. The number of pyridine rings is 1. The number of nitrogens with zero attached hydrogens (tertiary/aromatic N) is 2. The molecule has 1 aliphatic heterocycles. The number of hydrogen-bond acceptors (Lipinski definition) is 3. The van der Waals surface area contributed by atoms with E-state index in [1.807, 2.05) is 12.1 Å². The average Bonchev–Trinajstić information content (AvgIpc) is 2.49. The molecule has 106 valence electrons. The van der Waals surface area contributed by atoms with E-state index >= 15 is 0 Å². The van der Waals surface area contributed by atoms with Crippen molar-refractivity contribution in [2.75, 3.05) is 11.4 Å². The van der Waals surface area contributed by atoms with Gasteiger partial charge in [0.1, 0.15) is 5.82 Å². The molecule has 0 spiro atoms. The summed E-state index contributed by atoms with van der Waals surface area (Å²) in [6.45, 7) is 5.65. The van der Waals surface area contributed by atoms with Crippen molar-refractivity contribution in [1.82, 2.24) is 4.98 Å². The minimum atomic E-state index is -0.00436. The van der Waals surface area contributed by atoms with E-state index in [1.54, 1.807) is 0 Å². The summed E-state index contributed by atoms with van der Waals surface area (Å²) in [7, 11) is 0. The van der Waals surface area contributed by atoms with Crippen molar-refractivity contribution in [1.29, 1.82) is 0 Å². The lowest BCUT2D eigenvalue weighted by molar-refractivity contribution is 0.277. The zero-order valence-corrected chi connectivity index (χ0v) is 12.2. The highest BCUT2D eigenvalue weighted by Gasteiger charge is 2.27. The Morgan fingerprint density at radius 2 is 2.10 bits per heavy atom. The van der Waals surface area contributed by atoms with E-state index in [1.165, 1.54) is 18.2 Å². The van der Waals surface area contributed by atoms with E-state index in [9.17, 15) is 5.11 Å². The van der Waals surface area contributed by atoms with Crippen LogP contribution >= 0.6 is 0 Å². The molecule has 1 saturated heterocycles. The van der Waals surface area contributed by atoms with Gasteiger partial charge in [0.25, 0.3) is 0 Å². The Hall–Kier alpha value is -1.61. The molecule has 3 nitrogen and oxygen atoms in total. The average molecular weight is 270 g/mol. The molecule has 2 unspecified atom stereocenters. The molecule has 3 heteroatoms. The number of fused-ring (bicyclic) bond motifs is 1. The van der Waals surface area contributed by atoms with Gasteiger partial charge in [0.2, 0.25) is 0 Å². The van der Waals surface area contributed by atoms with Crippen LogP contribution in [0.2, 0.25) is 0 Å². The number of benzene rings is 1. The molecule has 1 aromatic heterocycles. The molecule has 1 fully saturated rings. The molecule has 0 aliphatic carbocycles. The van der Waals surface area contributed by atoms with Crippen molar-refractivity contribution in [2.45, 2.75) is 39.3 Å². The first-order chi connectivity index (χ1) is 9.70. The summed E-state index contributed by atoms with van der Waals surface area (Å²) in [5.41, 5.74) is 0.754. The molecule has 0 bridgehead atoms. The van der Waals surface area contributed by atoms with Crippen molar-refractivity contribution < 1.29 is 5.11 Å². The highest BCUT2D eigenvalue weighted by atomic mass is 16.3. The van der Waals surface area contributed by atoms with Crippen molar-refractivity contribution >= 4 is 16.6 Å². The largest absolute Gasteiger partial charge is 0.390 e. The van der Waals surface area contributed by atoms with Crippen LogP contribution in [-0.4, -0.2) is 22.7 Å². The van der Waals surface area contributed by atoms with Crippen molar-refractivity contribution in [2.24, 2.45) is 5.92 Å². The third-order valence-electron chi connectivity index (χ3n) is 4.58. The Labute approximate surface area is 120 Å². The lowest BCUT2D eigenvalue weighted by atomic mass is 9.91. The van der Waals surface area contributed by atoms with Crippen LogP contribution in [0.4, 0.5) is 5.82 Å². The first kappa shape index (κ1) is 13.4. The number of aromatic nitrogens is 1. The molecule has 2 aromatic rings. The fourth-order valence-corrected chi connectivity index (χ4v) is 3.17. The maximum Gasteiger partial charge on any atom is 0.137 e. The summed E-state index contributed by atoms with van der Waals surface area (Å²) in [6.07, 6.45) is 2.50. The van der Waals surface area contributed by atoms with Crippen LogP contribution in [0, 0.1) is 5.92 Å². The van der Waals surface area contributed by atoms with Crippen LogP contribution < -0.4 is 4.90 Å². The second kappa shape index (κ2) is 5.41. The van der Waals surface area contributed by atoms with Gasteiger partial charge in [-0.1, -0.05) is 31.2 Å². The van der Waals surface area contributed by atoms with Crippen LogP contribution in [0.3, 0.4) is 0 Å². The van der Waals surface area contributed by atoms with E-state index in [0.29, 0.717) is 12.0 Å². The Balaban J connectivity index is 2.13. The molecular weight excluding hydrogens is 248 g/mol. The molecule has 20 heavy (non-hydrogen) atoms. The summed E-state index contributed by atoms with van der Waals surface area (Å²) in [5, 5.41) is 11.8. The second-order valence-corrected chi connectivity index (χ2v) is 5.87. The van der Waals surface area contributed by atoms with Crippen molar-refractivity contribution in [3.05, 3.63) is 36.0 Å². The molecule has 0 radical (unpaired) electrons. The number of aliphatic hydroxyl groups is 1. The second-order valence-electron chi connectivity index (χ2n) is 5.87. The molecule has 0 amide bonds. The van der Waals surface area contributed by atoms with Gasteiger partial charge >= 0.3 is 0 Å². The van der Waals surface area contributed by atoms with Gasteiger partial charge < -0.3 is 10.0 Å². The lowest BCUT2D eigenvalue weighted by Gasteiger charge is -2.39. The Kier molecular flexibility index (Phi) is 3.62. The molecule has 1 N–H and O–H groups in total. The van der Waals surface area contributed by atoms with Crippen LogP contribution in [0.25, 0.3) is 10.8 Å². The monoisotopic (exact) mass is 270 g/mol. The summed E-state index contributed by atoms with van der Waals surface area (Å²) in [4.78, 5) is 7.12. The summed E-state index contributed by atoms with van der Waals surface area (Å²) >= 11 is 0. The van der Waals surface area contributed by atoms with Gasteiger partial charge in [0.05, 0.1) is 12.3 Å². The van der Waals surface area contributed by atoms with Gasteiger partial charge in [-0.05, 0) is 37.1 Å². The smallest absolute Gasteiger partial charge is 0.137 e. The number of aliphatic hydroxyl groups excluding tert-OH is 1. The Morgan fingerprint density at radius 3 is 2.90 bits per heavy atom. The quantitative estimate of drug-likeness (QED) is 0.909. The van der Waals surface area contributed by atoms with Crippen LogP contribution in [0.15, 0.2) is 30.3 Å². The topological polar surface area (TPSA) is 36.4 Å². The summed E-state index contributed by atoms with van der Waals surface area (Å²) < 4.78 is 0. The first-order valence-corrected chi connectivity index (χ1v) is 7.47. The summed E-state index contributed by atoms with van der Waals surface area (Å²) in [6, 6.07) is 10.8. The van der Waals surface area contributed by atoms with Gasteiger partial charge in [-0.15, -0.1) is 0 Å². The van der Waals surface area contributed by atoms with Crippen molar-refractivity contribution in [3.63, 3.8) is 0 Å². The van der Waals surface area contributed by atoms with Gasteiger partial charge in [0, 0.05) is 18.0 Å². The van der Waals surface area contributed by atoms with Crippen molar-refractivity contribution in [3.8, 4) is 0 Å². The molecule has 1 aliphatic rings. The lowest BCUT2D eigenvalue weighted by Crippen LogP contribution is -2.43. The molecule has 0 saturated carbocycles. The van der Waals surface area contributed by atoms with Crippen LogP contribution in [0.5, 0.6) is 0 Å². The van der Waals surface area contributed by atoms with E-state index < -0.39 is 0 Å². The number of anilines is 1. The predicted octanol–water partition coefficient (Wildman–Crippen LogP) is 3.35. The van der Waals surface area contributed by atoms with E-state index in [4.69, 9.17) is 4.98 Å². The number of hydrogen-bond donors (Lipinski definition) is 1. The first-order valence-electron chi connectivity index (χ1n) is 7.47. The van der Waals surface area contributed by atoms with Crippen LogP contribution in [-0.2, 0) is 6.61 Å². The van der Waals surface area contributed by atoms with Gasteiger partial charge in [-0.25, -0.2) is 4.98 Å². The molecule has 2 atom stereocenters. The molecule has 2 heterocycles. The minimum absolute atomic E-state index is 0.00436. The van der Waals surface area contributed by atoms with E-state index in [0.717, 1.165) is 23.4 Å². The van der Waals surface area contributed by atoms with Gasteiger partial charge in [0.15, 0.2) is 0 Å². The van der Waals surface area contributed by atoms with E-state index in [-0.39, 0.29) is 6.61 Å². The minimum Gasteiger partial charge on any atom is -0.390 e. The number of rotatable bonds is 2. The normalized spacial score (nSPS) is 23.2. The SMILES string of the molecule is CC1CCCN(c2nc(CO)cc3ccccc23)C1C. The van der Waals surface area contributed by atoms with Gasteiger partial charge in [-0.2, -0.15) is 0 Å². The summed E-state index contributed by atoms with van der Waals surface area (Å²) in [5.74, 6) is 1.72. The highest BCUT2D eigenvalue weighted by molar-refractivity contribution is 5.92. The molecule has 1 aromatic carbocycles. The van der Waals surface area contributed by atoms with Gasteiger partial charge in [-0.3, -0.25) is 0 Å². The Morgan fingerprint density at radius 1 is 1.30 bits per heavy atom. The molecule has 3 rings (SSSR count). The number of piperidine rings is 1. The third kappa shape index (κ3) is 2.27. The Bertz CT molecular complexity index is 611. The maximum atomic E-state index is 9.46. The fraction of sp³-hybridized carbons (Fsp3) is 0.471. The standard InChI is InChI=1S/C17H22N2O/c1-12-6-5-9-19(13(12)2)17-16-8-4-3-7-14(16)10-15(11-20)18-17/h3-4,7-8,10,12-13,20H,5-6,9,11H2,1-2H3. The third-order valence-corrected chi connectivity index (χ3v) is 4.58. The van der Waals surface area contributed by atoms with E-state index in [2.05, 4.69) is 36.9 Å². The highest BCUT2D eigenvalue weighted by Crippen LogP contribution is 2.32. The molecular formula is C17H22N2O. The van der Waals surface area contributed by atoms with Crippen LogP contribution in [0.1, 0.15) is 32.4 Å². The fourth-order valence-electron chi connectivity index (χ4n) is 3.17. The zero-order chi connectivity index (χ0) is 14.1. The zero-order valence-electron chi connectivity index (χ0n) is 12.2. The predicted molar refractivity (Wildman–Crippen MR) is 82.9 cm³/mol.